The number of guanidine groups is 1. The van der Waals surface area contributed by atoms with Crippen LogP contribution in [-0.4, -0.2) is 93.0 Å². The zero-order valence-electron chi connectivity index (χ0n) is 28.5. The number of aliphatic imine (C=N–C) groups is 1. The summed E-state index contributed by atoms with van der Waals surface area (Å²) in [4.78, 5) is 38.1. The Morgan fingerprint density at radius 2 is 1.72 bits per heavy atom. The van der Waals surface area contributed by atoms with Crippen molar-refractivity contribution in [3.8, 4) is 16.9 Å². The topological polar surface area (TPSA) is 132 Å². The maximum absolute atomic E-state index is 13.4. The Bertz CT molecular complexity index is 1550. The van der Waals surface area contributed by atoms with Crippen LogP contribution in [0.15, 0.2) is 72.0 Å². The molecule has 14 heteroatoms. The molecule has 1 atom stereocenters. The fraction of sp³-hybridized carbons (Fsp3) is 0.444. The van der Waals surface area contributed by atoms with Crippen molar-refractivity contribution < 1.29 is 37.0 Å². The van der Waals surface area contributed by atoms with E-state index in [9.17, 15) is 22.8 Å². The molecule has 0 radical (unpaired) electrons. The van der Waals surface area contributed by atoms with Crippen LogP contribution in [0.3, 0.4) is 0 Å². The molecule has 1 aliphatic rings. The number of hydrogen-bond donors (Lipinski definition) is 2. The molecular weight excluding hydrogens is 653 g/mol. The number of hydrogen-bond acceptors (Lipinski definition) is 9. The number of ether oxygens (including phenoxy) is 3. The van der Waals surface area contributed by atoms with Gasteiger partial charge in [-0.25, -0.2) is 4.79 Å². The Hall–Kier alpha value is -4.69. The number of esters is 1. The lowest BCUT2D eigenvalue weighted by molar-refractivity contribution is -0.205. The quantitative estimate of drug-likeness (QED) is 0.0944. The minimum absolute atomic E-state index is 0.234. The minimum atomic E-state index is -5.32. The van der Waals surface area contributed by atoms with E-state index in [0.717, 1.165) is 55.0 Å². The van der Waals surface area contributed by atoms with E-state index in [0.29, 0.717) is 43.9 Å². The van der Waals surface area contributed by atoms with Gasteiger partial charge in [-0.15, -0.1) is 0 Å². The van der Waals surface area contributed by atoms with Crippen LogP contribution >= 0.6 is 0 Å². The minimum Gasteiger partial charge on any atom is -0.493 e. The lowest BCUT2D eigenvalue weighted by Crippen LogP contribution is -2.47. The zero-order valence-corrected chi connectivity index (χ0v) is 28.5. The average molecular weight is 699 g/mol. The van der Waals surface area contributed by atoms with Gasteiger partial charge in [0.25, 0.3) is 5.91 Å². The highest BCUT2D eigenvalue weighted by Gasteiger charge is 2.43. The maximum Gasteiger partial charge on any atom is 0.490 e. The zero-order chi connectivity index (χ0) is 35.9. The number of rotatable bonds is 16. The number of anilines is 1. The van der Waals surface area contributed by atoms with Gasteiger partial charge in [-0.2, -0.15) is 13.2 Å². The third kappa shape index (κ3) is 11.2. The van der Waals surface area contributed by atoms with Gasteiger partial charge in [0.2, 0.25) is 0 Å². The molecule has 50 heavy (non-hydrogen) atoms. The number of carbonyl (C=O) groups excluding carboxylic acids is 2. The van der Waals surface area contributed by atoms with Gasteiger partial charge >= 0.3 is 12.1 Å². The van der Waals surface area contributed by atoms with Gasteiger partial charge in [-0.05, 0) is 35.2 Å². The molecular formula is C36H45F3N6O5. The van der Waals surface area contributed by atoms with Gasteiger partial charge in [-0.1, -0.05) is 55.8 Å². The molecule has 3 N–H and O–H groups in total. The second-order valence-corrected chi connectivity index (χ2v) is 11.8. The number of pyridine rings is 1. The van der Waals surface area contributed by atoms with Gasteiger partial charge < -0.3 is 24.8 Å². The van der Waals surface area contributed by atoms with Crippen molar-refractivity contribution >= 4 is 23.5 Å². The van der Waals surface area contributed by atoms with Crippen LogP contribution < -0.4 is 20.7 Å². The van der Waals surface area contributed by atoms with E-state index in [1.54, 1.807) is 25.6 Å². The number of piperazine rings is 1. The summed E-state index contributed by atoms with van der Waals surface area (Å²) in [5, 5.41) is 2.30. The first-order valence-corrected chi connectivity index (χ1v) is 16.7. The monoisotopic (exact) mass is 698 g/mol. The van der Waals surface area contributed by atoms with Gasteiger partial charge in [0.1, 0.15) is 5.75 Å². The van der Waals surface area contributed by atoms with Crippen molar-refractivity contribution in [3.63, 3.8) is 0 Å². The van der Waals surface area contributed by atoms with E-state index < -0.39 is 30.6 Å². The van der Waals surface area contributed by atoms with E-state index in [2.05, 4.69) is 25.1 Å². The van der Waals surface area contributed by atoms with Crippen molar-refractivity contribution in [2.24, 2.45) is 10.7 Å². The van der Waals surface area contributed by atoms with Crippen molar-refractivity contribution in [1.82, 2.24) is 15.2 Å². The number of benzene rings is 2. The lowest BCUT2D eigenvalue weighted by Gasteiger charge is -2.36. The van der Waals surface area contributed by atoms with Crippen LogP contribution in [0.1, 0.15) is 37.3 Å². The van der Waals surface area contributed by atoms with Gasteiger partial charge in [0, 0.05) is 89.5 Å². The fourth-order valence-electron chi connectivity index (χ4n) is 5.57. The van der Waals surface area contributed by atoms with E-state index >= 15 is 0 Å². The number of aromatic nitrogens is 1. The third-order valence-corrected chi connectivity index (χ3v) is 8.17. The molecule has 0 spiro atoms. The van der Waals surface area contributed by atoms with Crippen LogP contribution in [0.2, 0.25) is 0 Å². The number of halogens is 3. The number of nitrogens with zero attached hydrogens (tertiary/aromatic N) is 4. The summed E-state index contributed by atoms with van der Waals surface area (Å²) in [6.45, 7) is 6.38. The van der Waals surface area contributed by atoms with Crippen LogP contribution in [-0.2, 0) is 32.0 Å². The maximum atomic E-state index is 13.4. The standard InChI is InChI=1S/C36H45F3N6O5/c1-3-4-15-42-35(40)43-33(46)31(50-34(47)36(37,38)39)24-27-11-12-29(26-9-6-5-7-10-26)30(32(27)49-23-8-22-48-2)25-44-18-20-45(21-19-44)28-13-16-41-17-14-28/h5-7,9-14,16-17,31H,3-4,8,15,18-25H2,1-2H3,(H3,40,42,43,46). The van der Waals surface area contributed by atoms with Crippen molar-refractivity contribution in [3.05, 3.63) is 78.1 Å². The predicted octanol–water partition coefficient (Wildman–Crippen LogP) is 4.73. The second-order valence-electron chi connectivity index (χ2n) is 11.8. The lowest BCUT2D eigenvalue weighted by atomic mass is 9.93. The Balaban J connectivity index is 1.71. The van der Waals surface area contributed by atoms with E-state index in [1.165, 1.54) is 0 Å². The Morgan fingerprint density at radius 1 is 1.00 bits per heavy atom. The summed E-state index contributed by atoms with van der Waals surface area (Å²) in [7, 11) is 1.58. The molecule has 1 amide bonds. The Labute approximate surface area is 290 Å². The van der Waals surface area contributed by atoms with Crippen LogP contribution in [0.5, 0.6) is 5.75 Å². The molecule has 1 unspecified atom stereocenters. The highest BCUT2D eigenvalue weighted by atomic mass is 19.4. The highest BCUT2D eigenvalue weighted by Crippen LogP contribution is 2.37. The molecule has 11 nitrogen and oxygen atoms in total. The van der Waals surface area contributed by atoms with Crippen molar-refractivity contribution in [2.75, 3.05) is 57.9 Å². The molecule has 0 saturated carbocycles. The number of carbonyl (C=O) groups is 2. The number of nitrogens with two attached hydrogens (primary N) is 1. The second kappa shape index (κ2) is 18.9. The molecule has 1 aliphatic heterocycles. The summed E-state index contributed by atoms with van der Waals surface area (Å²) in [5.41, 5.74) is 9.91. The highest BCUT2D eigenvalue weighted by molar-refractivity contribution is 5.99. The molecule has 0 aliphatic carbocycles. The molecule has 270 valence electrons. The molecule has 0 bridgehead atoms. The van der Waals surface area contributed by atoms with Crippen molar-refractivity contribution in [1.29, 1.82) is 0 Å². The van der Waals surface area contributed by atoms with Crippen LogP contribution in [0.25, 0.3) is 11.1 Å². The molecule has 2 aromatic carbocycles. The first kappa shape index (κ1) is 38.1. The average Bonchev–Trinajstić information content (AvgIpc) is 3.11. The number of alkyl halides is 3. The fourth-order valence-corrected chi connectivity index (χ4v) is 5.57. The number of methoxy groups -OCH3 is 1. The molecule has 1 aromatic heterocycles. The normalized spacial score (nSPS) is 14.7. The number of nitrogens with one attached hydrogen (secondary N) is 1. The largest absolute Gasteiger partial charge is 0.493 e. The summed E-state index contributed by atoms with van der Waals surface area (Å²) in [6, 6.07) is 17.2. The van der Waals surface area contributed by atoms with Crippen LogP contribution in [0.4, 0.5) is 18.9 Å². The summed E-state index contributed by atoms with van der Waals surface area (Å²) in [6.07, 6.45) is -2.03. The van der Waals surface area contributed by atoms with E-state index in [4.69, 9.17) is 19.9 Å². The Kier molecular flexibility index (Phi) is 14.4. The molecule has 1 saturated heterocycles. The van der Waals surface area contributed by atoms with E-state index in [1.807, 2.05) is 55.5 Å². The first-order valence-electron chi connectivity index (χ1n) is 16.7. The van der Waals surface area contributed by atoms with Gasteiger partial charge in [-0.3, -0.25) is 25.0 Å². The van der Waals surface area contributed by atoms with Gasteiger partial charge in [0.05, 0.1) is 6.61 Å². The van der Waals surface area contributed by atoms with Crippen LogP contribution in [0, 0.1) is 0 Å². The smallest absolute Gasteiger partial charge is 0.490 e. The molecule has 3 aromatic rings. The van der Waals surface area contributed by atoms with Crippen molar-refractivity contribution in [2.45, 2.75) is 51.4 Å². The molecule has 1 fully saturated rings. The summed E-state index contributed by atoms with van der Waals surface area (Å²) >= 11 is 0. The summed E-state index contributed by atoms with van der Waals surface area (Å²) < 4.78 is 56.6. The van der Waals surface area contributed by atoms with Gasteiger partial charge in [0.15, 0.2) is 12.1 Å². The number of unbranched alkanes of at least 4 members (excludes halogenated alkanes) is 1. The Morgan fingerprint density at radius 3 is 2.38 bits per heavy atom. The summed E-state index contributed by atoms with van der Waals surface area (Å²) in [5.74, 6) is -3.40. The number of amides is 1. The SMILES string of the molecule is CCCCN=C(N)NC(=O)C(Cc1ccc(-c2ccccc2)c(CN2CCN(c3ccncc3)CC2)c1OCCCOC)OC(=O)C(F)(F)F. The third-order valence-electron chi connectivity index (χ3n) is 8.17. The predicted molar refractivity (Wildman–Crippen MR) is 185 cm³/mol. The molecule has 2 heterocycles. The first-order chi connectivity index (χ1) is 24.1. The van der Waals surface area contributed by atoms with E-state index in [-0.39, 0.29) is 12.6 Å². The molecule has 4 rings (SSSR count).